The molecule has 0 atom stereocenters. The van der Waals surface area contributed by atoms with Gasteiger partial charge in [0.05, 0.1) is 5.54 Å². The van der Waals surface area contributed by atoms with Gasteiger partial charge in [-0.15, -0.1) is 0 Å². The summed E-state index contributed by atoms with van der Waals surface area (Å²) in [4.78, 5) is 40.8. The molecule has 5 rings (SSSR count). The average Bonchev–Trinajstić information content (AvgIpc) is 3.32. The van der Waals surface area contributed by atoms with E-state index in [-0.39, 0.29) is 23.3 Å². The Hall–Kier alpha value is -3.62. The minimum Gasteiger partial charge on any atom is -0.347 e. The molecule has 1 spiro atoms. The van der Waals surface area contributed by atoms with Crippen molar-refractivity contribution in [1.82, 2.24) is 19.7 Å². The van der Waals surface area contributed by atoms with Crippen molar-refractivity contribution >= 4 is 35.0 Å². The van der Waals surface area contributed by atoms with E-state index in [1.165, 1.54) is 12.6 Å². The van der Waals surface area contributed by atoms with Gasteiger partial charge in [-0.1, -0.05) is 29.8 Å². The lowest BCUT2D eigenvalue weighted by Gasteiger charge is -2.53. The van der Waals surface area contributed by atoms with Gasteiger partial charge in [0.25, 0.3) is 11.8 Å². The maximum absolute atomic E-state index is 13.2. The average molecular weight is 548 g/mol. The number of rotatable bonds is 7. The first kappa shape index (κ1) is 27.0. The zero-order valence-electron chi connectivity index (χ0n) is 22.6. The van der Waals surface area contributed by atoms with Crippen molar-refractivity contribution in [3.05, 3.63) is 87.7 Å². The summed E-state index contributed by atoms with van der Waals surface area (Å²) >= 11 is 6.64. The summed E-state index contributed by atoms with van der Waals surface area (Å²) in [5.74, 6) is -0.281. The molecule has 0 bridgehead atoms. The molecule has 3 amide bonds. The molecule has 1 fully saturated rings. The minimum atomic E-state index is -0.116. The Morgan fingerprint density at radius 3 is 2.36 bits per heavy atom. The van der Waals surface area contributed by atoms with Crippen molar-refractivity contribution in [2.24, 2.45) is 0 Å². The Labute approximate surface area is 233 Å². The second-order valence-electron chi connectivity index (χ2n) is 10.6. The lowest BCUT2D eigenvalue weighted by molar-refractivity contribution is -0.114. The standard InChI is InChI=1S/C30H34ClN5O3/c1-20(37)33-24-9-5-21(6-10-24)18-32-28(38)26-11-12-27-30(13-4-14-30)35(15-16-36(26)27)19-23-8-7-22(17-25(23)31)29(39)34(2)3/h5-12,17H,4,13-16,18-19H2,1-3H3,(H,32,38)(H,33,37). The third-order valence-corrected chi connectivity index (χ3v) is 8.22. The number of hydrogen-bond donors (Lipinski definition) is 2. The Bertz CT molecular complexity index is 1410. The molecule has 39 heavy (non-hydrogen) atoms. The number of carbonyl (C=O) groups is 3. The summed E-state index contributed by atoms with van der Waals surface area (Å²) in [6.07, 6.45) is 3.21. The van der Waals surface area contributed by atoms with Crippen LogP contribution in [-0.2, 0) is 30.0 Å². The van der Waals surface area contributed by atoms with Gasteiger partial charge in [0.2, 0.25) is 5.91 Å². The van der Waals surface area contributed by atoms with Crippen LogP contribution in [-0.4, -0.2) is 52.7 Å². The second-order valence-corrected chi connectivity index (χ2v) is 11.0. The number of amides is 3. The first-order valence-electron chi connectivity index (χ1n) is 13.3. The summed E-state index contributed by atoms with van der Waals surface area (Å²) < 4.78 is 2.17. The molecule has 0 saturated heterocycles. The molecule has 9 heteroatoms. The number of hydrogen-bond acceptors (Lipinski definition) is 4. The molecule has 3 aromatic rings. The first-order chi connectivity index (χ1) is 18.7. The number of anilines is 1. The third-order valence-electron chi connectivity index (χ3n) is 7.86. The fraction of sp³-hybridized carbons (Fsp3) is 0.367. The molecule has 204 valence electrons. The Kier molecular flexibility index (Phi) is 7.51. The number of benzene rings is 2. The number of fused-ring (bicyclic) bond motifs is 2. The third kappa shape index (κ3) is 5.31. The summed E-state index contributed by atoms with van der Waals surface area (Å²) in [7, 11) is 3.46. The normalized spacial score (nSPS) is 15.8. The van der Waals surface area contributed by atoms with Crippen molar-refractivity contribution in [2.75, 3.05) is 26.0 Å². The molecule has 2 heterocycles. The van der Waals surface area contributed by atoms with Gasteiger partial charge < -0.3 is 20.1 Å². The van der Waals surface area contributed by atoms with E-state index in [0.717, 1.165) is 42.6 Å². The molecule has 2 aromatic carbocycles. The zero-order valence-corrected chi connectivity index (χ0v) is 23.3. The van der Waals surface area contributed by atoms with Gasteiger partial charge >= 0.3 is 0 Å². The van der Waals surface area contributed by atoms with E-state index in [1.807, 2.05) is 42.5 Å². The number of nitrogens with zero attached hydrogens (tertiary/aromatic N) is 3. The fourth-order valence-electron chi connectivity index (χ4n) is 5.68. The maximum Gasteiger partial charge on any atom is 0.268 e. The summed E-state index contributed by atoms with van der Waals surface area (Å²) in [6, 6.07) is 17.1. The van der Waals surface area contributed by atoms with Gasteiger partial charge in [-0.2, -0.15) is 0 Å². The van der Waals surface area contributed by atoms with Crippen LogP contribution in [0, 0.1) is 0 Å². The topological polar surface area (TPSA) is 86.7 Å². The largest absolute Gasteiger partial charge is 0.347 e. The summed E-state index contributed by atoms with van der Waals surface area (Å²) in [6.45, 7) is 4.09. The number of aromatic nitrogens is 1. The Morgan fingerprint density at radius 2 is 1.74 bits per heavy atom. The van der Waals surface area contributed by atoms with E-state index < -0.39 is 0 Å². The van der Waals surface area contributed by atoms with Crippen molar-refractivity contribution < 1.29 is 14.4 Å². The highest BCUT2D eigenvalue weighted by atomic mass is 35.5. The molecule has 2 N–H and O–H groups in total. The fourth-order valence-corrected chi connectivity index (χ4v) is 5.92. The van der Waals surface area contributed by atoms with E-state index in [0.29, 0.717) is 35.9 Å². The smallest absolute Gasteiger partial charge is 0.268 e. The molecule has 1 aliphatic carbocycles. The van der Waals surface area contributed by atoms with Crippen LogP contribution in [0.3, 0.4) is 0 Å². The predicted octanol–water partition coefficient (Wildman–Crippen LogP) is 4.63. The first-order valence-corrected chi connectivity index (χ1v) is 13.7. The van der Waals surface area contributed by atoms with Crippen molar-refractivity contribution in [3.63, 3.8) is 0 Å². The molecule has 8 nitrogen and oxygen atoms in total. The van der Waals surface area contributed by atoms with Crippen LogP contribution in [0.1, 0.15) is 63.9 Å². The lowest BCUT2D eigenvalue weighted by atomic mass is 9.71. The van der Waals surface area contributed by atoms with Crippen molar-refractivity contribution in [1.29, 1.82) is 0 Å². The number of carbonyl (C=O) groups excluding carboxylic acids is 3. The Morgan fingerprint density at radius 1 is 1.00 bits per heavy atom. The molecule has 0 radical (unpaired) electrons. The summed E-state index contributed by atoms with van der Waals surface area (Å²) in [5.41, 5.74) is 5.01. The zero-order chi connectivity index (χ0) is 27.7. The molecular formula is C30H34ClN5O3. The molecule has 1 aliphatic heterocycles. The van der Waals surface area contributed by atoms with E-state index in [9.17, 15) is 14.4 Å². The van der Waals surface area contributed by atoms with Crippen LogP contribution in [0.5, 0.6) is 0 Å². The lowest BCUT2D eigenvalue weighted by Crippen LogP contribution is -2.56. The van der Waals surface area contributed by atoms with Crippen LogP contribution >= 0.6 is 11.6 Å². The van der Waals surface area contributed by atoms with Gasteiger partial charge in [0, 0.05) is 69.2 Å². The van der Waals surface area contributed by atoms with Crippen LogP contribution in [0.4, 0.5) is 5.69 Å². The van der Waals surface area contributed by atoms with Gasteiger partial charge in [-0.25, -0.2) is 0 Å². The molecule has 1 saturated carbocycles. The highest BCUT2D eigenvalue weighted by molar-refractivity contribution is 6.31. The molecular weight excluding hydrogens is 514 g/mol. The van der Waals surface area contributed by atoms with E-state index in [4.69, 9.17) is 11.6 Å². The van der Waals surface area contributed by atoms with Gasteiger partial charge in [-0.05, 0) is 66.8 Å². The van der Waals surface area contributed by atoms with Crippen molar-refractivity contribution in [2.45, 2.75) is 51.4 Å². The minimum absolute atomic E-state index is 0.0671. The van der Waals surface area contributed by atoms with Gasteiger partial charge in [0.15, 0.2) is 0 Å². The predicted molar refractivity (Wildman–Crippen MR) is 152 cm³/mol. The molecule has 0 unspecified atom stereocenters. The Balaban J connectivity index is 1.29. The van der Waals surface area contributed by atoms with E-state index in [2.05, 4.69) is 26.2 Å². The van der Waals surface area contributed by atoms with Crippen LogP contribution in [0.15, 0.2) is 54.6 Å². The van der Waals surface area contributed by atoms with E-state index >= 15 is 0 Å². The van der Waals surface area contributed by atoms with Crippen LogP contribution in [0.25, 0.3) is 0 Å². The number of halogens is 1. The quantitative estimate of drug-likeness (QED) is 0.452. The van der Waals surface area contributed by atoms with Crippen LogP contribution in [0.2, 0.25) is 5.02 Å². The highest BCUT2D eigenvalue weighted by Gasteiger charge is 2.48. The van der Waals surface area contributed by atoms with Gasteiger partial charge in [0.1, 0.15) is 5.69 Å². The maximum atomic E-state index is 13.2. The van der Waals surface area contributed by atoms with E-state index in [1.54, 1.807) is 25.1 Å². The molecule has 2 aliphatic rings. The molecule has 1 aromatic heterocycles. The summed E-state index contributed by atoms with van der Waals surface area (Å²) in [5, 5.41) is 6.40. The monoisotopic (exact) mass is 547 g/mol. The second kappa shape index (κ2) is 10.9. The highest BCUT2D eigenvalue weighted by Crippen LogP contribution is 2.49. The van der Waals surface area contributed by atoms with Crippen molar-refractivity contribution in [3.8, 4) is 0 Å². The van der Waals surface area contributed by atoms with Gasteiger partial charge in [-0.3, -0.25) is 19.3 Å². The number of nitrogens with one attached hydrogen (secondary N) is 2. The van der Waals surface area contributed by atoms with Crippen LogP contribution < -0.4 is 10.6 Å². The SMILES string of the molecule is CC(=O)Nc1ccc(CNC(=O)c2ccc3n2CCN(Cc2ccc(C(=O)N(C)C)cc2Cl)C32CCC2)cc1.